The highest BCUT2D eigenvalue weighted by atomic mass is 19.1. The van der Waals surface area contributed by atoms with Crippen molar-refractivity contribution in [2.75, 3.05) is 31.4 Å². The number of ether oxygens (including phenoxy) is 1. The van der Waals surface area contributed by atoms with E-state index in [1.807, 2.05) is 0 Å². The van der Waals surface area contributed by atoms with Crippen LogP contribution in [0.15, 0.2) is 12.1 Å². The van der Waals surface area contributed by atoms with Crippen molar-refractivity contribution < 1.29 is 24.1 Å². The van der Waals surface area contributed by atoms with Crippen molar-refractivity contribution in [1.29, 1.82) is 0 Å². The molecule has 0 spiro atoms. The zero-order valence-corrected chi connectivity index (χ0v) is 10.5. The Balaban J connectivity index is 3.05. The second-order valence-electron chi connectivity index (χ2n) is 4.00. The van der Waals surface area contributed by atoms with Gasteiger partial charge in [-0.15, -0.1) is 0 Å². The van der Waals surface area contributed by atoms with E-state index in [1.165, 1.54) is 13.2 Å². The number of nitrogens with one attached hydrogen (secondary N) is 1. The van der Waals surface area contributed by atoms with Gasteiger partial charge in [0.2, 0.25) is 0 Å². The predicted octanol–water partition coefficient (Wildman–Crippen LogP) is 0.915. The number of halogens is 1. The molecule has 1 aromatic carbocycles. The van der Waals surface area contributed by atoms with E-state index in [1.54, 1.807) is 0 Å². The van der Waals surface area contributed by atoms with Crippen molar-refractivity contribution >= 4 is 17.3 Å². The first-order valence-electron chi connectivity index (χ1n) is 5.68. The van der Waals surface area contributed by atoms with Crippen LogP contribution < -0.4 is 11.1 Å². The number of hydrogen-bond acceptors (Lipinski definition) is 5. The molecule has 19 heavy (non-hydrogen) atoms. The first kappa shape index (κ1) is 15.2. The van der Waals surface area contributed by atoms with E-state index >= 15 is 0 Å². The van der Waals surface area contributed by atoms with Crippen LogP contribution in [0.1, 0.15) is 16.8 Å². The first-order valence-corrected chi connectivity index (χ1v) is 5.68. The lowest BCUT2D eigenvalue weighted by atomic mass is 10.1. The van der Waals surface area contributed by atoms with E-state index in [9.17, 15) is 9.18 Å². The average Bonchev–Trinajstić information content (AvgIpc) is 2.34. The summed E-state index contributed by atoms with van der Waals surface area (Å²) in [6.45, 7) is 0.191. The van der Waals surface area contributed by atoms with Crippen LogP contribution >= 0.6 is 0 Å². The molecule has 1 aromatic rings. The summed E-state index contributed by atoms with van der Waals surface area (Å²) >= 11 is 0. The summed E-state index contributed by atoms with van der Waals surface area (Å²) in [5.74, 6) is -2.10. The molecule has 0 radical (unpaired) electrons. The third kappa shape index (κ3) is 3.80. The normalized spacial score (nSPS) is 12.2. The molecular formula is C12H17FN2O4. The van der Waals surface area contributed by atoms with Gasteiger partial charge in [0.1, 0.15) is 11.4 Å². The van der Waals surface area contributed by atoms with Crippen molar-refractivity contribution in [1.82, 2.24) is 0 Å². The average molecular weight is 272 g/mol. The molecule has 7 heteroatoms. The summed E-state index contributed by atoms with van der Waals surface area (Å²) in [4.78, 5) is 11.1. The van der Waals surface area contributed by atoms with Gasteiger partial charge in [0.05, 0.1) is 24.0 Å². The van der Waals surface area contributed by atoms with Crippen LogP contribution in [-0.2, 0) is 4.74 Å². The van der Waals surface area contributed by atoms with Crippen LogP contribution in [-0.4, -0.2) is 42.5 Å². The molecule has 0 fully saturated rings. The standard InChI is InChI=1S/C12H17FN2O4/c1-19-6-7(4-5-16)15-9-3-2-8(13)11(14)10(9)12(17)18/h2-3,7,15-16H,4-6,14H2,1H3,(H,17,18). The molecule has 5 N–H and O–H groups in total. The molecule has 0 aliphatic rings. The molecule has 0 bridgehead atoms. The molecule has 1 atom stereocenters. The van der Waals surface area contributed by atoms with Crippen LogP contribution in [0.3, 0.4) is 0 Å². The van der Waals surface area contributed by atoms with Gasteiger partial charge in [0, 0.05) is 13.7 Å². The van der Waals surface area contributed by atoms with E-state index in [-0.39, 0.29) is 30.5 Å². The fraction of sp³-hybridized carbons (Fsp3) is 0.417. The molecule has 0 aliphatic carbocycles. The molecule has 1 rings (SSSR count). The lowest BCUT2D eigenvalue weighted by molar-refractivity contribution is 0.0698. The predicted molar refractivity (Wildman–Crippen MR) is 68.8 cm³/mol. The fourth-order valence-electron chi connectivity index (χ4n) is 1.72. The van der Waals surface area contributed by atoms with Gasteiger partial charge in [0.15, 0.2) is 0 Å². The van der Waals surface area contributed by atoms with Gasteiger partial charge >= 0.3 is 5.97 Å². The van der Waals surface area contributed by atoms with Crippen LogP contribution in [0.5, 0.6) is 0 Å². The van der Waals surface area contributed by atoms with Gasteiger partial charge in [-0.1, -0.05) is 0 Å². The third-order valence-corrected chi connectivity index (χ3v) is 2.61. The van der Waals surface area contributed by atoms with Gasteiger partial charge < -0.3 is 26.0 Å². The van der Waals surface area contributed by atoms with E-state index in [0.717, 1.165) is 6.07 Å². The Morgan fingerprint density at radius 2 is 2.26 bits per heavy atom. The molecule has 0 aliphatic heterocycles. The van der Waals surface area contributed by atoms with E-state index in [0.29, 0.717) is 6.42 Å². The number of nitrogen functional groups attached to an aromatic ring is 1. The zero-order valence-electron chi connectivity index (χ0n) is 10.5. The molecule has 1 unspecified atom stereocenters. The molecule has 0 amide bonds. The number of anilines is 2. The number of nitrogens with two attached hydrogens (primary N) is 1. The lowest BCUT2D eigenvalue weighted by Gasteiger charge is -2.20. The van der Waals surface area contributed by atoms with Crippen molar-refractivity contribution in [3.63, 3.8) is 0 Å². The molecule has 0 saturated heterocycles. The Morgan fingerprint density at radius 3 is 2.79 bits per heavy atom. The third-order valence-electron chi connectivity index (χ3n) is 2.61. The molecule has 0 aromatic heterocycles. The highest BCUT2D eigenvalue weighted by Gasteiger charge is 2.19. The SMILES string of the molecule is COCC(CCO)Nc1ccc(F)c(N)c1C(=O)O. The number of carboxylic acid groups (broad SMARTS) is 1. The number of carbonyl (C=O) groups is 1. The fourth-order valence-corrected chi connectivity index (χ4v) is 1.72. The minimum atomic E-state index is -1.32. The Labute approximate surface area is 110 Å². The minimum absolute atomic E-state index is 0.0832. The lowest BCUT2D eigenvalue weighted by Crippen LogP contribution is -2.27. The molecule has 0 saturated carbocycles. The van der Waals surface area contributed by atoms with Gasteiger partial charge in [-0.05, 0) is 18.6 Å². The number of carboxylic acids is 1. The Bertz CT molecular complexity index is 448. The second-order valence-corrected chi connectivity index (χ2v) is 4.00. The van der Waals surface area contributed by atoms with Gasteiger partial charge in [-0.3, -0.25) is 0 Å². The van der Waals surface area contributed by atoms with E-state index in [2.05, 4.69) is 5.32 Å². The van der Waals surface area contributed by atoms with Crippen molar-refractivity contribution in [3.05, 3.63) is 23.5 Å². The van der Waals surface area contributed by atoms with Crippen molar-refractivity contribution in [3.8, 4) is 0 Å². The maximum Gasteiger partial charge on any atom is 0.340 e. The second kappa shape index (κ2) is 6.91. The topological polar surface area (TPSA) is 105 Å². The Hall–Kier alpha value is -1.86. The summed E-state index contributed by atoms with van der Waals surface area (Å²) in [7, 11) is 1.49. The maximum atomic E-state index is 13.3. The summed E-state index contributed by atoms with van der Waals surface area (Å²) in [6.07, 6.45) is 0.365. The molecule has 6 nitrogen and oxygen atoms in total. The van der Waals surface area contributed by atoms with Gasteiger partial charge in [-0.25, -0.2) is 9.18 Å². The molecule has 106 valence electrons. The number of rotatable bonds is 7. The van der Waals surface area contributed by atoms with Crippen LogP contribution in [0.4, 0.5) is 15.8 Å². The molecule has 0 heterocycles. The summed E-state index contributed by atoms with van der Waals surface area (Å²) in [5, 5.41) is 20.9. The summed E-state index contributed by atoms with van der Waals surface area (Å²) in [5.41, 5.74) is 4.89. The van der Waals surface area contributed by atoms with Gasteiger partial charge in [-0.2, -0.15) is 0 Å². The van der Waals surface area contributed by atoms with Gasteiger partial charge in [0.25, 0.3) is 0 Å². The number of methoxy groups -OCH3 is 1. The van der Waals surface area contributed by atoms with Crippen LogP contribution in [0.2, 0.25) is 0 Å². The Morgan fingerprint density at radius 1 is 1.58 bits per heavy atom. The summed E-state index contributed by atoms with van der Waals surface area (Å²) in [6, 6.07) is 2.10. The number of aromatic carboxylic acids is 1. The number of hydrogen-bond donors (Lipinski definition) is 4. The highest BCUT2D eigenvalue weighted by molar-refractivity contribution is 6.00. The number of aliphatic hydroxyl groups excluding tert-OH is 1. The zero-order chi connectivity index (χ0) is 14.4. The largest absolute Gasteiger partial charge is 0.478 e. The maximum absolute atomic E-state index is 13.3. The minimum Gasteiger partial charge on any atom is -0.478 e. The number of aliphatic hydroxyl groups is 1. The summed E-state index contributed by atoms with van der Waals surface area (Å²) < 4.78 is 18.2. The quantitative estimate of drug-likeness (QED) is 0.550. The number of benzene rings is 1. The highest BCUT2D eigenvalue weighted by Crippen LogP contribution is 2.26. The van der Waals surface area contributed by atoms with E-state index in [4.69, 9.17) is 20.7 Å². The van der Waals surface area contributed by atoms with Crippen LogP contribution in [0.25, 0.3) is 0 Å². The monoisotopic (exact) mass is 272 g/mol. The first-order chi connectivity index (χ1) is 9.01. The molecular weight excluding hydrogens is 255 g/mol. The van der Waals surface area contributed by atoms with E-state index < -0.39 is 17.5 Å². The Kier molecular flexibility index (Phi) is 5.53. The van der Waals surface area contributed by atoms with Crippen LogP contribution in [0, 0.1) is 5.82 Å². The van der Waals surface area contributed by atoms with Crippen molar-refractivity contribution in [2.24, 2.45) is 0 Å². The van der Waals surface area contributed by atoms with Crippen molar-refractivity contribution in [2.45, 2.75) is 12.5 Å². The smallest absolute Gasteiger partial charge is 0.340 e.